The van der Waals surface area contributed by atoms with Gasteiger partial charge in [-0.1, -0.05) is 12.1 Å². The lowest BCUT2D eigenvalue weighted by Gasteiger charge is -2.19. The summed E-state index contributed by atoms with van der Waals surface area (Å²) in [7, 11) is 0. The number of nitrogens with one attached hydrogen (secondary N) is 1. The van der Waals surface area contributed by atoms with Crippen LogP contribution in [0.15, 0.2) is 18.2 Å². The number of aliphatic hydroxyl groups excluding tert-OH is 2. The molecule has 0 radical (unpaired) electrons. The van der Waals surface area contributed by atoms with Gasteiger partial charge in [-0.25, -0.2) is 0 Å². The minimum Gasteiger partial charge on any atom is -0.390 e. The fraction of sp³-hybridized carbons (Fsp3) is 0.333. The Hall–Kier alpha value is -1.37. The zero-order valence-corrected chi connectivity index (χ0v) is 10.4. The van der Waals surface area contributed by atoms with Crippen molar-refractivity contribution in [1.29, 1.82) is 0 Å². The fourth-order valence-electron chi connectivity index (χ4n) is 1.94. The molecule has 1 aliphatic rings. The minimum atomic E-state index is -1.15. The molecule has 2 atom stereocenters. The van der Waals surface area contributed by atoms with E-state index in [2.05, 4.69) is 17.9 Å². The van der Waals surface area contributed by atoms with Gasteiger partial charge in [0.2, 0.25) is 0 Å². The summed E-state index contributed by atoms with van der Waals surface area (Å²) < 4.78 is 0. The third-order valence-electron chi connectivity index (χ3n) is 2.89. The number of hydrogen-bond donors (Lipinski definition) is 4. The van der Waals surface area contributed by atoms with Crippen LogP contribution in [-0.4, -0.2) is 33.8 Å². The molecule has 1 aromatic rings. The van der Waals surface area contributed by atoms with E-state index in [9.17, 15) is 19.8 Å². The second-order valence-corrected chi connectivity index (χ2v) is 4.52. The molecule has 1 amide bonds. The van der Waals surface area contributed by atoms with Gasteiger partial charge in [0, 0.05) is 5.56 Å². The lowest BCUT2D eigenvalue weighted by molar-refractivity contribution is -0.112. The van der Waals surface area contributed by atoms with Crippen LogP contribution in [0.2, 0.25) is 0 Å². The highest BCUT2D eigenvalue weighted by atomic mass is 32.1. The van der Waals surface area contributed by atoms with Gasteiger partial charge in [0.1, 0.15) is 6.10 Å². The zero-order valence-electron chi connectivity index (χ0n) is 9.46. The SMILES string of the molecule is O=C1Nc2c(cccc2C(O)C(O)CCS)C1=O. The number of Topliss-reactive ketones (excluding diaryl/α,β-unsaturated/α-hetero) is 1. The molecule has 3 N–H and O–H groups in total. The average Bonchev–Trinajstić information content (AvgIpc) is 2.65. The number of benzene rings is 1. The molecule has 5 nitrogen and oxygen atoms in total. The lowest BCUT2D eigenvalue weighted by Crippen LogP contribution is -2.20. The van der Waals surface area contributed by atoms with Gasteiger partial charge in [0.25, 0.3) is 11.7 Å². The van der Waals surface area contributed by atoms with E-state index in [0.29, 0.717) is 23.4 Å². The molecule has 0 aromatic heterocycles. The van der Waals surface area contributed by atoms with Crippen molar-refractivity contribution in [3.8, 4) is 0 Å². The maximum Gasteiger partial charge on any atom is 0.296 e. The molecular weight excluding hydrogens is 254 g/mol. The molecule has 0 aliphatic carbocycles. The first-order valence-electron chi connectivity index (χ1n) is 5.52. The Labute approximate surface area is 109 Å². The molecule has 18 heavy (non-hydrogen) atoms. The molecule has 0 saturated carbocycles. The standard InChI is InChI=1S/C12H13NO4S/c14-8(4-5-18)10(15)6-2-1-3-7-9(6)13-12(17)11(7)16/h1-3,8,10,14-15,18H,4-5H2,(H,13,16,17). The van der Waals surface area contributed by atoms with E-state index in [1.54, 1.807) is 12.1 Å². The van der Waals surface area contributed by atoms with Crippen molar-refractivity contribution >= 4 is 30.0 Å². The Morgan fingerprint density at radius 1 is 1.28 bits per heavy atom. The van der Waals surface area contributed by atoms with Gasteiger partial charge in [-0.2, -0.15) is 12.6 Å². The normalized spacial score (nSPS) is 17.3. The Morgan fingerprint density at radius 2 is 2.00 bits per heavy atom. The molecule has 2 rings (SSSR count). The van der Waals surface area contributed by atoms with E-state index in [-0.39, 0.29) is 5.56 Å². The highest BCUT2D eigenvalue weighted by molar-refractivity contribution is 7.80. The van der Waals surface area contributed by atoms with Gasteiger partial charge in [0.05, 0.1) is 17.4 Å². The van der Waals surface area contributed by atoms with Crippen LogP contribution >= 0.6 is 12.6 Å². The molecule has 6 heteroatoms. The molecule has 96 valence electrons. The summed E-state index contributed by atoms with van der Waals surface area (Å²) in [6.45, 7) is 0. The molecule has 0 fully saturated rings. The van der Waals surface area contributed by atoms with Crippen LogP contribution < -0.4 is 5.32 Å². The first-order chi connectivity index (χ1) is 8.56. The van der Waals surface area contributed by atoms with E-state index < -0.39 is 23.9 Å². The third-order valence-corrected chi connectivity index (χ3v) is 3.15. The van der Waals surface area contributed by atoms with Gasteiger partial charge < -0.3 is 15.5 Å². The molecular formula is C12H13NO4S. The monoisotopic (exact) mass is 267 g/mol. The summed E-state index contributed by atoms with van der Waals surface area (Å²) >= 11 is 3.98. The van der Waals surface area contributed by atoms with E-state index >= 15 is 0 Å². The summed E-state index contributed by atoms with van der Waals surface area (Å²) in [4.78, 5) is 22.8. The number of anilines is 1. The number of fused-ring (bicyclic) bond motifs is 1. The molecule has 1 heterocycles. The predicted molar refractivity (Wildman–Crippen MR) is 68.8 cm³/mol. The van der Waals surface area contributed by atoms with Crippen LogP contribution in [-0.2, 0) is 4.79 Å². The Kier molecular flexibility index (Phi) is 3.70. The maximum absolute atomic E-state index is 11.5. The van der Waals surface area contributed by atoms with Gasteiger partial charge in [-0.05, 0) is 18.2 Å². The molecule has 0 saturated heterocycles. The van der Waals surface area contributed by atoms with Crippen molar-refractivity contribution in [3.63, 3.8) is 0 Å². The second kappa shape index (κ2) is 5.09. The Morgan fingerprint density at radius 3 is 2.67 bits per heavy atom. The highest BCUT2D eigenvalue weighted by Crippen LogP contribution is 2.33. The fourth-order valence-corrected chi connectivity index (χ4v) is 2.20. The first kappa shape index (κ1) is 13.1. The summed E-state index contributed by atoms with van der Waals surface area (Å²) in [5.41, 5.74) is 0.869. The number of ketones is 1. The quantitative estimate of drug-likeness (QED) is 0.473. The van der Waals surface area contributed by atoms with E-state index in [0.717, 1.165) is 0 Å². The van der Waals surface area contributed by atoms with Gasteiger partial charge in [-0.15, -0.1) is 0 Å². The van der Waals surface area contributed by atoms with Crippen molar-refractivity contribution in [2.24, 2.45) is 0 Å². The van der Waals surface area contributed by atoms with Crippen molar-refractivity contribution in [1.82, 2.24) is 0 Å². The van der Waals surface area contributed by atoms with E-state index in [1.807, 2.05) is 0 Å². The van der Waals surface area contributed by atoms with Crippen LogP contribution in [0.25, 0.3) is 0 Å². The summed E-state index contributed by atoms with van der Waals surface area (Å²) in [5, 5.41) is 22.2. The van der Waals surface area contributed by atoms with Crippen LogP contribution in [0.1, 0.15) is 28.4 Å². The smallest absolute Gasteiger partial charge is 0.296 e. The second-order valence-electron chi connectivity index (χ2n) is 4.08. The predicted octanol–water partition coefficient (Wildman–Crippen LogP) is 0.536. The number of rotatable bonds is 4. The van der Waals surface area contributed by atoms with Crippen molar-refractivity contribution < 1.29 is 19.8 Å². The van der Waals surface area contributed by atoms with Gasteiger partial charge in [0.15, 0.2) is 0 Å². The number of thiol groups is 1. The number of amides is 1. The molecule has 0 bridgehead atoms. The molecule has 1 aliphatic heterocycles. The van der Waals surface area contributed by atoms with Crippen LogP contribution in [0.3, 0.4) is 0 Å². The maximum atomic E-state index is 11.5. The number of carbonyl (C=O) groups is 2. The van der Waals surface area contributed by atoms with Crippen LogP contribution in [0.5, 0.6) is 0 Å². The van der Waals surface area contributed by atoms with Crippen LogP contribution in [0.4, 0.5) is 5.69 Å². The first-order valence-corrected chi connectivity index (χ1v) is 6.15. The summed E-state index contributed by atoms with van der Waals surface area (Å²) in [6, 6.07) is 4.66. The zero-order chi connectivity index (χ0) is 13.3. The number of carbonyl (C=O) groups excluding carboxylic acids is 2. The average molecular weight is 267 g/mol. The van der Waals surface area contributed by atoms with Crippen molar-refractivity contribution in [2.75, 3.05) is 11.1 Å². The van der Waals surface area contributed by atoms with Gasteiger partial charge in [-0.3, -0.25) is 9.59 Å². The topological polar surface area (TPSA) is 86.6 Å². The molecule has 0 spiro atoms. The Bertz CT molecular complexity index is 503. The number of aliphatic hydroxyl groups is 2. The number of hydrogen-bond acceptors (Lipinski definition) is 5. The lowest BCUT2D eigenvalue weighted by atomic mass is 9.98. The van der Waals surface area contributed by atoms with Gasteiger partial charge >= 0.3 is 0 Å². The van der Waals surface area contributed by atoms with Crippen molar-refractivity contribution in [2.45, 2.75) is 18.6 Å². The Balaban J connectivity index is 2.37. The summed E-state index contributed by atoms with van der Waals surface area (Å²) in [6.07, 6.45) is -1.82. The number of para-hydroxylation sites is 1. The summed E-state index contributed by atoms with van der Waals surface area (Å²) in [5.74, 6) is -0.908. The van der Waals surface area contributed by atoms with Crippen LogP contribution in [0, 0.1) is 0 Å². The van der Waals surface area contributed by atoms with Crippen molar-refractivity contribution in [3.05, 3.63) is 29.3 Å². The third kappa shape index (κ3) is 2.14. The van der Waals surface area contributed by atoms with E-state index in [1.165, 1.54) is 6.07 Å². The largest absolute Gasteiger partial charge is 0.390 e. The molecule has 2 unspecified atom stereocenters. The minimum absolute atomic E-state index is 0.231. The highest BCUT2D eigenvalue weighted by Gasteiger charge is 2.32. The molecule has 1 aromatic carbocycles. The van der Waals surface area contributed by atoms with E-state index in [4.69, 9.17) is 0 Å².